The molecule has 1 aliphatic rings. The zero-order valence-corrected chi connectivity index (χ0v) is 15.9. The summed E-state index contributed by atoms with van der Waals surface area (Å²) in [7, 11) is 2.08. The molecule has 0 amide bonds. The Morgan fingerprint density at radius 3 is 2.71 bits per heavy atom. The highest BCUT2D eigenvalue weighted by atomic mass is 16.1. The lowest BCUT2D eigenvalue weighted by molar-refractivity contribution is 0.242. The normalized spacial score (nSPS) is 14.3. The molecule has 0 aliphatic carbocycles. The molecule has 0 radical (unpaired) electrons. The standard InChI is InChI=1S/C23H22N4O/c1-26-13-17(18-9-5-6-10-21(18)26)14-27-12-11-20-19(15-27)23(28)25-22(24-20)16-7-3-2-4-8-16/h2-10,13H,11-12,14-15H2,1H3,(H,24,25,28). The zero-order valence-electron chi connectivity index (χ0n) is 15.9. The van der Waals surface area contributed by atoms with Crippen LogP contribution < -0.4 is 5.56 Å². The fourth-order valence-corrected chi connectivity index (χ4v) is 4.14. The third kappa shape index (κ3) is 2.94. The Hall–Kier alpha value is -3.18. The van der Waals surface area contributed by atoms with Crippen LogP contribution in [0.2, 0.25) is 0 Å². The number of rotatable bonds is 3. The molecule has 2 aromatic carbocycles. The van der Waals surface area contributed by atoms with Gasteiger partial charge in [0.25, 0.3) is 5.56 Å². The summed E-state index contributed by atoms with van der Waals surface area (Å²) >= 11 is 0. The van der Waals surface area contributed by atoms with Crippen LogP contribution in [0.25, 0.3) is 22.3 Å². The van der Waals surface area contributed by atoms with E-state index in [1.54, 1.807) is 0 Å². The molecular weight excluding hydrogens is 348 g/mol. The van der Waals surface area contributed by atoms with Gasteiger partial charge < -0.3 is 9.55 Å². The Balaban J connectivity index is 1.43. The number of H-pyrrole nitrogens is 1. The Bertz CT molecular complexity index is 1210. The van der Waals surface area contributed by atoms with Gasteiger partial charge in [-0.15, -0.1) is 0 Å². The second-order valence-corrected chi connectivity index (χ2v) is 7.45. The van der Waals surface area contributed by atoms with E-state index in [1.807, 2.05) is 30.3 Å². The molecular formula is C23H22N4O. The Morgan fingerprint density at radius 1 is 1.07 bits per heavy atom. The average molecular weight is 370 g/mol. The van der Waals surface area contributed by atoms with Crippen molar-refractivity contribution in [3.63, 3.8) is 0 Å². The van der Waals surface area contributed by atoms with E-state index in [-0.39, 0.29) is 5.56 Å². The third-order valence-corrected chi connectivity index (χ3v) is 5.57. The van der Waals surface area contributed by atoms with Crippen LogP contribution in [0.3, 0.4) is 0 Å². The summed E-state index contributed by atoms with van der Waals surface area (Å²) < 4.78 is 2.17. The molecule has 1 aliphatic heterocycles. The minimum absolute atomic E-state index is 0.0218. The number of hydrogen-bond acceptors (Lipinski definition) is 3. The van der Waals surface area contributed by atoms with Crippen LogP contribution in [-0.4, -0.2) is 26.0 Å². The lowest BCUT2D eigenvalue weighted by atomic mass is 10.1. The summed E-state index contributed by atoms with van der Waals surface area (Å²) in [6.07, 6.45) is 2.99. The van der Waals surface area contributed by atoms with Crippen LogP contribution in [0.1, 0.15) is 16.8 Å². The zero-order chi connectivity index (χ0) is 19.1. The van der Waals surface area contributed by atoms with E-state index in [2.05, 4.69) is 52.0 Å². The quantitative estimate of drug-likeness (QED) is 0.601. The number of nitrogens with zero attached hydrogens (tertiary/aromatic N) is 3. The number of aryl methyl sites for hydroxylation is 1. The maximum absolute atomic E-state index is 12.7. The predicted molar refractivity (Wildman–Crippen MR) is 111 cm³/mol. The van der Waals surface area contributed by atoms with E-state index < -0.39 is 0 Å². The van der Waals surface area contributed by atoms with Crippen LogP contribution in [0.15, 0.2) is 65.6 Å². The summed E-state index contributed by atoms with van der Waals surface area (Å²) in [6.45, 7) is 2.37. The van der Waals surface area contributed by atoms with E-state index in [9.17, 15) is 4.79 Å². The van der Waals surface area contributed by atoms with E-state index in [4.69, 9.17) is 4.98 Å². The fourth-order valence-electron chi connectivity index (χ4n) is 4.14. The molecule has 3 heterocycles. The lowest BCUT2D eigenvalue weighted by Gasteiger charge is -2.27. The molecule has 4 aromatic rings. The molecule has 28 heavy (non-hydrogen) atoms. The molecule has 2 aromatic heterocycles. The Morgan fingerprint density at radius 2 is 1.86 bits per heavy atom. The van der Waals surface area contributed by atoms with Crippen LogP contribution in [0.5, 0.6) is 0 Å². The minimum Gasteiger partial charge on any atom is -0.350 e. The molecule has 5 nitrogen and oxygen atoms in total. The van der Waals surface area contributed by atoms with E-state index in [0.29, 0.717) is 12.4 Å². The number of para-hydroxylation sites is 1. The number of fused-ring (bicyclic) bond motifs is 2. The van der Waals surface area contributed by atoms with Crippen molar-refractivity contribution in [2.45, 2.75) is 19.5 Å². The molecule has 0 saturated heterocycles. The summed E-state index contributed by atoms with van der Waals surface area (Å²) in [5.41, 5.74) is 5.18. The molecule has 0 spiro atoms. The molecule has 140 valence electrons. The first-order valence-corrected chi connectivity index (χ1v) is 9.62. The Kier molecular flexibility index (Phi) is 4.10. The molecule has 0 unspecified atom stereocenters. The lowest BCUT2D eigenvalue weighted by Crippen LogP contribution is -2.35. The van der Waals surface area contributed by atoms with Crippen molar-refractivity contribution in [1.29, 1.82) is 0 Å². The first kappa shape index (κ1) is 17.0. The summed E-state index contributed by atoms with van der Waals surface area (Å²) in [5, 5.41) is 1.28. The van der Waals surface area contributed by atoms with Gasteiger partial charge in [0.15, 0.2) is 0 Å². The highest BCUT2D eigenvalue weighted by molar-refractivity contribution is 5.83. The Labute approximate surface area is 163 Å². The van der Waals surface area contributed by atoms with Crippen LogP contribution in [-0.2, 0) is 26.6 Å². The predicted octanol–water partition coefficient (Wildman–Crippen LogP) is 3.49. The van der Waals surface area contributed by atoms with Gasteiger partial charge in [-0.2, -0.15) is 0 Å². The second kappa shape index (κ2) is 6.77. The van der Waals surface area contributed by atoms with Crippen molar-refractivity contribution < 1.29 is 0 Å². The molecule has 0 fully saturated rings. The monoisotopic (exact) mass is 370 g/mol. The van der Waals surface area contributed by atoms with E-state index >= 15 is 0 Å². The largest absolute Gasteiger partial charge is 0.350 e. The van der Waals surface area contributed by atoms with Crippen molar-refractivity contribution in [2.75, 3.05) is 6.54 Å². The van der Waals surface area contributed by atoms with Gasteiger partial charge in [-0.05, 0) is 11.6 Å². The van der Waals surface area contributed by atoms with E-state index in [1.165, 1.54) is 16.5 Å². The number of aromatic amines is 1. The second-order valence-electron chi connectivity index (χ2n) is 7.45. The molecule has 5 rings (SSSR count). The van der Waals surface area contributed by atoms with Gasteiger partial charge in [0, 0.05) is 55.8 Å². The SMILES string of the molecule is Cn1cc(CN2CCc3nc(-c4ccccc4)[nH]c(=O)c3C2)c2ccccc21. The highest BCUT2D eigenvalue weighted by Gasteiger charge is 2.22. The number of hydrogen-bond donors (Lipinski definition) is 1. The number of nitrogens with one attached hydrogen (secondary N) is 1. The van der Waals surface area contributed by atoms with E-state index in [0.717, 1.165) is 36.3 Å². The third-order valence-electron chi connectivity index (χ3n) is 5.57. The molecule has 1 N–H and O–H groups in total. The first-order valence-electron chi connectivity index (χ1n) is 9.62. The van der Waals surface area contributed by atoms with Crippen molar-refractivity contribution in [3.05, 3.63) is 88.0 Å². The van der Waals surface area contributed by atoms with Gasteiger partial charge >= 0.3 is 0 Å². The first-order chi connectivity index (χ1) is 13.7. The van der Waals surface area contributed by atoms with Gasteiger partial charge in [-0.1, -0.05) is 48.5 Å². The summed E-state index contributed by atoms with van der Waals surface area (Å²) in [5.74, 6) is 0.659. The van der Waals surface area contributed by atoms with Gasteiger partial charge in [-0.25, -0.2) is 4.98 Å². The molecule has 0 bridgehead atoms. The fraction of sp³-hybridized carbons (Fsp3) is 0.217. The van der Waals surface area contributed by atoms with Gasteiger partial charge in [0.05, 0.1) is 11.3 Å². The van der Waals surface area contributed by atoms with Gasteiger partial charge in [0.1, 0.15) is 5.82 Å². The maximum atomic E-state index is 12.7. The number of benzene rings is 2. The topological polar surface area (TPSA) is 53.9 Å². The molecule has 0 atom stereocenters. The minimum atomic E-state index is -0.0218. The van der Waals surface area contributed by atoms with Crippen molar-refractivity contribution in [1.82, 2.24) is 19.4 Å². The van der Waals surface area contributed by atoms with Crippen LogP contribution >= 0.6 is 0 Å². The van der Waals surface area contributed by atoms with Crippen molar-refractivity contribution in [3.8, 4) is 11.4 Å². The van der Waals surface area contributed by atoms with Crippen LogP contribution in [0, 0.1) is 0 Å². The van der Waals surface area contributed by atoms with Crippen molar-refractivity contribution in [2.24, 2.45) is 7.05 Å². The highest BCUT2D eigenvalue weighted by Crippen LogP contribution is 2.24. The summed E-state index contributed by atoms with van der Waals surface area (Å²) in [6, 6.07) is 18.3. The van der Waals surface area contributed by atoms with Gasteiger partial charge in [0.2, 0.25) is 0 Å². The maximum Gasteiger partial charge on any atom is 0.255 e. The van der Waals surface area contributed by atoms with Crippen molar-refractivity contribution >= 4 is 10.9 Å². The number of aromatic nitrogens is 3. The summed E-state index contributed by atoms with van der Waals surface area (Å²) in [4.78, 5) is 22.8. The molecule has 5 heteroatoms. The van der Waals surface area contributed by atoms with Gasteiger partial charge in [-0.3, -0.25) is 9.69 Å². The van der Waals surface area contributed by atoms with Crippen LogP contribution in [0.4, 0.5) is 0 Å². The molecule has 0 saturated carbocycles. The average Bonchev–Trinajstić information content (AvgIpc) is 3.05. The smallest absolute Gasteiger partial charge is 0.255 e.